The fourth-order valence-electron chi connectivity index (χ4n) is 1.94. The van der Waals surface area contributed by atoms with Gasteiger partial charge >= 0.3 is 0 Å². The Morgan fingerprint density at radius 3 is 2.53 bits per heavy atom. The van der Waals surface area contributed by atoms with Crippen LogP contribution in [0.4, 0.5) is 5.69 Å². The molecule has 5 nitrogen and oxygen atoms in total. The van der Waals surface area contributed by atoms with E-state index in [1.54, 1.807) is 12.1 Å². The Labute approximate surface area is 112 Å². The normalized spacial score (nSPS) is 14.1. The lowest BCUT2D eigenvalue weighted by Gasteiger charge is -2.04. The Hall–Kier alpha value is -1.91. The minimum atomic E-state index is -0.392. The third kappa shape index (κ3) is 4.35. The molecule has 1 saturated carbocycles. The van der Waals surface area contributed by atoms with Gasteiger partial charge in [-0.3, -0.25) is 14.9 Å². The van der Waals surface area contributed by atoms with Crippen LogP contribution in [0.25, 0.3) is 0 Å². The fraction of sp³-hybridized carbons (Fsp3) is 0.500. The zero-order valence-electron chi connectivity index (χ0n) is 10.8. The summed E-state index contributed by atoms with van der Waals surface area (Å²) in [6, 6.07) is 6.65. The highest BCUT2D eigenvalue weighted by atomic mass is 16.6. The summed E-state index contributed by atoms with van der Waals surface area (Å²) in [5.74, 6) is 0.463. The molecule has 0 aliphatic heterocycles. The number of hydrogen-bond acceptors (Lipinski definition) is 3. The average molecular weight is 262 g/mol. The molecule has 0 heterocycles. The van der Waals surface area contributed by atoms with E-state index in [2.05, 4.69) is 5.32 Å². The van der Waals surface area contributed by atoms with E-state index >= 15 is 0 Å². The number of benzene rings is 1. The largest absolute Gasteiger partial charge is 0.356 e. The molecular formula is C14H18N2O3. The molecule has 0 aromatic heterocycles. The summed E-state index contributed by atoms with van der Waals surface area (Å²) in [5.41, 5.74) is 1.22. The van der Waals surface area contributed by atoms with Crippen LogP contribution in [0, 0.1) is 16.0 Å². The van der Waals surface area contributed by atoms with E-state index in [4.69, 9.17) is 0 Å². The van der Waals surface area contributed by atoms with Crippen LogP contribution in [0.5, 0.6) is 0 Å². The zero-order chi connectivity index (χ0) is 13.7. The van der Waals surface area contributed by atoms with Gasteiger partial charge in [0.15, 0.2) is 0 Å². The molecule has 1 aromatic rings. The van der Waals surface area contributed by atoms with Gasteiger partial charge < -0.3 is 5.32 Å². The van der Waals surface area contributed by atoms with E-state index in [0.29, 0.717) is 0 Å². The molecule has 1 aliphatic carbocycles. The number of nitro groups is 1. The third-order valence-electron chi connectivity index (χ3n) is 3.29. The molecule has 19 heavy (non-hydrogen) atoms. The number of unbranched alkanes of at least 4 members (excludes halogenated alkanes) is 1. The average Bonchev–Trinajstić information content (AvgIpc) is 3.23. The topological polar surface area (TPSA) is 72.2 Å². The van der Waals surface area contributed by atoms with Crippen molar-refractivity contribution in [2.45, 2.75) is 32.1 Å². The van der Waals surface area contributed by atoms with Gasteiger partial charge in [-0.25, -0.2) is 0 Å². The van der Waals surface area contributed by atoms with Crippen molar-refractivity contribution in [3.63, 3.8) is 0 Å². The highest BCUT2D eigenvalue weighted by Crippen LogP contribution is 2.28. The van der Waals surface area contributed by atoms with Crippen LogP contribution in [0.15, 0.2) is 24.3 Å². The molecule has 1 aromatic carbocycles. The molecule has 0 unspecified atom stereocenters. The quantitative estimate of drug-likeness (QED) is 0.466. The third-order valence-corrected chi connectivity index (χ3v) is 3.29. The summed E-state index contributed by atoms with van der Waals surface area (Å²) < 4.78 is 0. The van der Waals surface area contributed by atoms with Crippen LogP contribution in [-0.4, -0.2) is 17.4 Å². The van der Waals surface area contributed by atoms with Gasteiger partial charge in [0.25, 0.3) is 5.69 Å². The molecule has 2 rings (SSSR count). The highest BCUT2D eigenvalue weighted by molar-refractivity contribution is 5.80. The maximum atomic E-state index is 11.4. The zero-order valence-corrected chi connectivity index (χ0v) is 10.8. The van der Waals surface area contributed by atoms with Gasteiger partial charge in [0.2, 0.25) is 5.91 Å². The molecule has 0 radical (unpaired) electrons. The minimum absolute atomic E-state index is 0.125. The highest BCUT2D eigenvalue weighted by Gasteiger charge is 2.28. The number of amides is 1. The number of nitro benzene ring substituents is 1. The van der Waals surface area contributed by atoms with Gasteiger partial charge in [-0.1, -0.05) is 12.1 Å². The van der Waals surface area contributed by atoms with E-state index in [1.807, 2.05) is 0 Å². The van der Waals surface area contributed by atoms with Crippen LogP contribution in [0.3, 0.4) is 0 Å². The number of hydrogen-bond donors (Lipinski definition) is 1. The summed E-state index contributed by atoms with van der Waals surface area (Å²) >= 11 is 0. The summed E-state index contributed by atoms with van der Waals surface area (Å²) in [6.45, 7) is 0.725. The molecule has 5 heteroatoms. The molecule has 102 valence electrons. The molecule has 1 fully saturated rings. The summed E-state index contributed by atoms with van der Waals surface area (Å²) in [5, 5.41) is 13.4. The smallest absolute Gasteiger partial charge is 0.269 e. The molecular weight excluding hydrogens is 244 g/mol. The van der Waals surface area contributed by atoms with Crippen molar-refractivity contribution in [2.75, 3.05) is 6.54 Å². The number of carbonyl (C=O) groups excluding carboxylic acids is 1. The van der Waals surface area contributed by atoms with Crippen molar-refractivity contribution in [2.24, 2.45) is 5.92 Å². The molecule has 0 spiro atoms. The van der Waals surface area contributed by atoms with Crippen molar-refractivity contribution >= 4 is 11.6 Å². The van der Waals surface area contributed by atoms with Crippen molar-refractivity contribution in [3.05, 3.63) is 39.9 Å². The Morgan fingerprint density at radius 2 is 1.95 bits per heavy atom. The summed E-state index contributed by atoms with van der Waals surface area (Å²) in [6.07, 6.45) is 4.87. The van der Waals surface area contributed by atoms with Crippen LogP contribution in [-0.2, 0) is 11.2 Å². The number of nitrogens with zero attached hydrogens (tertiary/aromatic N) is 1. The van der Waals surface area contributed by atoms with E-state index in [1.165, 1.54) is 12.1 Å². The predicted molar refractivity (Wildman–Crippen MR) is 71.8 cm³/mol. The number of aryl methyl sites for hydroxylation is 1. The maximum absolute atomic E-state index is 11.4. The number of carbonyl (C=O) groups is 1. The van der Waals surface area contributed by atoms with Gasteiger partial charge in [-0.2, -0.15) is 0 Å². The van der Waals surface area contributed by atoms with Gasteiger partial charge in [0.05, 0.1) is 4.92 Å². The SMILES string of the molecule is O=C(NCCCCc1ccc([N+](=O)[O-])cc1)C1CC1. The summed E-state index contributed by atoms with van der Waals surface area (Å²) in [7, 11) is 0. The van der Waals surface area contributed by atoms with Gasteiger partial charge in [-0.05, 0) is 37.7 Å². The second-order valence-electron chi connectivity index (χ2n) is 4.95. The van der Waals surface area contributed by atoms with Gasteiger partial charge in [0, 0.05) is 24.6 Å². The van der Waals surface area contributed by atoms with Crippen LogP contribution in [0.1, 0.15) is 31.2 Å². The van der Waals surface area contributed by atoms with E-state index < -0.39 is 4.92 Å². The first-order valence-corrected chi connectivity index (χ1v) is 6.68. The maximum Gasteiger partial charge on any atom is 0.269 e. The van der Waals surface area contributed by atoms with Gasteiger partial charge in [-0.15, -0.1) is 0 Å². The first-order chi connectivity index (χ1) is 9.16. The van der Waals surface area contributed by atoms with Crippen LogP contribution in [0.2, 0.25) is 0 Å². The second-order valence-corrected chi connectivity index (χ2v) is 4.95. The van der Waals surface area contributed by atoms with E-state index in [-0.39, 0.29) is 17.5 Å². The monoisotopic (exact) mass is 262 g/mol. The molecule has 1 amide bonds. The first-order valence-electron chi connectivity index (χ1n) is 6.68. The molecule has 1 N–H and O–H groups in total. The van der Waals surface area contributed by atoms with Crippen molar-refractivity contribution in [3.8, 4) is 0 Å². The lowest BCUT2D eigenvalue weighted by molar-refractivity contribution is -0.384. The Bertz CT molecular complexity index is 452. The molecule has 1 aliphatic rings. The van der Waals surface area contributed by atoms with E-state index in [9.17, 15) is 14.9 Å². The standard InChI is InChI=1S/C14H18N2O3/c17-14(12-6-7-12)15-10-2-1-3-11-4-8-13(9-5-11)16(18)19/h4-5,8-9,12H,1-3,6-7,10H2,(H,15,17). The van der Waals surface area contributed by atoms with Crippen molar-refractivity contribution in [1.82, 2.24) is 5.32 Å². The Balaban J connectivity index is 1.62. The van der Waals surface area contributed by atoms with E-state index in [0.717, 1.165) is 44.2 Å². The molecule has 0 bridgehead atoms. The molecule has 0 atom stereocenters. The predicted octanol–water partition coefficient (Wildman–Crippen LogP) is 2.44. The number of nitrogens with one attached hydrogen (secondary N) is 1. The van der Waals surface area contributed by atoms with Crippen molar-refractivity contribution in [1.29, 1.82) is 0 Å². The summed E-state index contributed by atoms with van der Waals surface area (Å²) in [4.78, 5) is 21.5. The van der Waals surface area contributed by atoms with Crippen LogP contribution < -0.4 is 5.32 Å². The minimum Gasteiger partial charge on any atom is -0.356 e. The first kappa shape index (κ1) is 13.5. The lowest BCUT2D eigenvalue weighted by Crippen LogP contribution is -2.25. The van der Waals surface area contributed by atoms with Crippen LogP contribution >= 0.6 is 0 Å². The lowest BCUT2D eigenvalue weighted by atomic mass is 10.1. The van der Waals surface area contributed by atoms with Crippen molar-refractivity contribution < 1.29 is 9.72 Å². The van der Waals surface area contributed by atoms with Gasteiger partial charge in [0.1, 0.15) is 0 Å². The fourth-order valence-corrected chi connectivity index (χ4v) is 1.94. The molecule has 0 saturated heterocycles. The Kier molecular flexibility index (Phi) is 4.49. The second kappa shape index (κ2) is 6.31. The Morgan fingerprint density at radius 1 is 1.26 bits per heavy atom. The number of non-ortho nitro benzene ring substituents is 1. The number of rotatable bonds is 7.